The lowest BCUT2D eigenvalue weighted by atomic mass is 10.1. The summed E-state index contributed by atoms with van der Waals surface area (Å²) in [7, 11) is 0. The van der Waals surface area contributed by atoms with Gasteiger partial charge in [0.1, 0.15) is 12.8 Å². The zero-order chi connectivity index (χ0) is 25.7. The molecule has 3 atom stereocenters. The van der Waals surface area contributed by atoms with Crippen LogP contribution in [0.25, 0.3) is 0 Å². The van der Waals surface area contributed by atoms with Crippen LogP contribution in [0, 0.1) is 0 Å². The topological polar surface area (TPSA) is 167 Å². The number of nitrogens with zero attached hydrogens (tertiary/aromatic N) is 3. The van der Waals surface area contributed by atoms with E-state index in [-0.39, 0.29) is 6.42 Å². The van der Waals surface area contributed by atoms with Crippen molar-refractivity contribution in [2.75, 3.05) is 6.61 Å². The van der Waals surface area contributed by atoms with E-state index >= 15 is 0 Å². The lowest BCUT2D eigenvalue weighted by molar-refractivity contribution is -0.125. The largest absolute Gasteiger partial charge is 0.387 e. The Morgan fingerprint density at radius 2 is 1.12 bits per heavy atom. The summed E-state index contributed by atoms with van der Waals surface area (Å²) in [4.78, 5) is 52.2. The monoisotopic (exact) mass is 484 g/mol. The van der Waals surface area contributed by atoms with Gasteiger partial charge in [0.15, 0.2) is 0 Å². The fourth-order valence-electron chi connectivity index (χ4n) is 3.98. The molecule has 196 valence electrons. The molecule has 11 heteroatoms. The van der Waals surface area contributed by atoms with Gasteiger partial charge in [0.05, 0.1) is 12.3 Å². The number of amides is 1. The van der Waals surface area contributed by atoms with Gasteiger partial charge in [-0.25, -0.2) is 28.1 Å². The van der Waals surface area contributed by atoms with Crippen molar-refractivity contribution in [1.82, 2.24) is 19.0 Å². The van der Waals surface area contributed by atoms with E-state index in [4.69, 9.17) is 11.5 Å². The van der Waals surface area contributed by atoms with Gasteiger partial charge in [0.2, 0.25) is 5.91 Å². The lowest BCUT2D eigenvalue weighted by Gasteiger charge is -2.25. The Morgan fingerprint density at radius 1 is 0.735 bits per heavy atom. The van der Waals surface area contributed by atoms with Crippen molar-refractivity contribution < 1.29 is 9.90 Å². The van der Waals surface area contributed by atoms with E-state index in [2.05, 4.69) is 5.32 Å². The molecule has 0 aliphatic rings. The van der Waals surface area contributed by atoms with Gasteiger partial charge in [-0.3, -0.25) is 4.79 Å². The summed E-state index contributed by atoms with van der Waals surface area (Å²) < 4.78 is 2.63. The van der Waals surface area contributed by atoms with Gasteiger partial charge in [0.25, 0.3) is 0 Å². The summed E-state index contributed by atoms with van der Waals surface area (Å²) in [5.74, 6) is -0.725. The molecule has 3 unspecified atom stereocenters. The Labute approximate surface area is 201 Å². The summed E-state index contributed by atoms with van der Waals surface area (Å²) in [6.07, 6.45) is 5.59. The third-order valence-electron chi connectivity index (χ3n) is 5.97. The molecule has 0 saturated heterocycles. The van der Waals surface area contributed by atoms with Gasteiger partial charge in [0, 0.05) is 0 Å². The van der Waals surface area contributed by atoms with Crippen LogP contribution in [0.2, 0.25) is 0 Å². The molecular weight excluding hydrogens is 440 g/mol. The van der Waals surface area contributed by atoms with Gasteiger partial charge >= 0.3 is 17.1 Å². The van der Waals surface area contributed by atoms with Crippen LogP contribution in [-0.2, 0) is 4.79 Å². The maximum atomic E-state index is 13.4. The quantitative estimate of drug-likeness (QED) is 0.243. The van der Waals surface area contributed by atoms with E-state index < -0.39 is 48.1 Å². The molecule has 0 bridgehead atoms. The van der Waals surface area contributed by atoms with E-state index in [0.29, 0.717) is 32.1 Å². The zero-order valence-corrected chi connectivity index (χ0v) is 21.0. The normalized spacial score (nSPS) is 14.1. The molecule has 0 aliphatic carbocycles. The summed E-state index contributed by atoms with van der Waals surface area (Å²) in [5.41, 5.74) is 9.93. The third-order valence-corrected chi connectivity index (χ3v) is 5.97. The number of hydrogen-bond acceptors (Lipinski definition) is 7. The minimum absolute atomic E-state index is 0.281. The molecule has 0 aromatic carbocycles. The zero-order valence-electron chi connectivity index (χ0n) is 21.0. The Bertz CT molecular complexity index is 868. The second-order valence-corrected chi connectivity index (χ2v) is 8.82. The minimum atomic E-state index is -1.03. The molecule has 0 fully saturated rings. The summed E-state index contributed by atoms with van der Waals surface area (Å²) in [6.45, 7) is 5.28. The van der Waals surface area contributed by atoms with Crippen LogP contribution < -0.4 is 33.9 Å². The number of carbonyl (C=O) groups is 1. The van der Waals surface area contributed by atoms with Crippen molar-refractivity contribution in [3.05, 3.63) is 31.5 Å². The molecular formula is C23H44N6O5. The summed E-state index contributed by atoms with van der Waals surface area (Å²) in [6, 6.07) is 0. The van der Waals surface area contributed by atoms with Crippen LogP contribution in [0.5, 0.6) is 0 Å². The summed E-state index contributed by atoms with van der Waals surface area (Å²) in [5, 5.41) is 11.8. The average Bonchev–Trinajstić information content (AvgIpc) is 2.79. The smallest absolute Gasteiger partial charge is 0.339 e. The first kappa shape index (κ1) is 29.8. The number of nitrogens with two attached hydrogens (primary N) is 2. The molecule has 1 aromatic heterocycles. The molecule has 1 aromatic rings. The van der Waals surface area contributed by atoms with E-state index in [1.54, 1.807) is 0 Å². The minimum Gasteiger partial charge on any atom is -0.387 e. The summed E-state index contributed by atoms with van der Waals surface area (Å²) >= 11 is 0. The molecule has 6 N–H and O–H groups in total. The molecule has 0 spiro atoms. The highest BCUT2D eigenvalue weighted by molar-refractivity contribution is 5.76. The lowest BCUT2D eigenvalue weighted by Crippen LogP contribution is -2.60. The van der Waals surface area contributed by atoms with E-state index in [0.717, 1.165) is 52.2 Å². The Balaban J connectivity index is 3.68. The van der Waals surface area contributed by atoms with Gasteiger partial charge in [-0.2, -0.15) is 0 Å². The number of carbonyl (C=O) groups excluding carboxylic acids is 1. The highest BCUT2D eigenvalue weighted by Crippen LogP contribution is 2.13. The van der Waals surface area contributed by atoms with Crippen molar-refractivity contribution in [2.24, 2.45) is 11.5 Å². The molecule has 1 amide bonds. The van der Waals surface area contributed by atoms with Gasteiger partial charge in [-0.15, -0.1) is 0 Å². The Morgan fingerprint density at radius 3 is 1.50 bits per heavy atom. The number of aliphatic hydroxyl groups excluding tert-OH is 1. The number of unbranched alkanes of at least 4 members (excludes halogenated alkanes) is 6. The first-order chi connectivity index (χ1) is 16.2. The Kier molecular flexibility index (Phi) is 13.7. The molecule has 0 radical (unpaired) electrons. The van der Waals surface area contributed by atoms with Crippen molar-refractivity contribution in [2.45, 2.75) is 116 Å². The van der Waals surface area contributed by atoms with Crippen LogP contribution in [-0.4, -0.2) is 31.3 Å². The number of nitrogens with one attached hydrogen (secondary N) is 1. The first-order valence-corrected chi connectivity index (χ1v) is 12.7. The molecule has 34 heavy (non-hydrogen) atoms. The van der Waals surface area contributed by atoms with E-state index in [1.807, 2.05) is 20.8 Å². The second kappa shape index (κ2) is 15.6. The molecule has 11 nitrogen and oxygen atoms in total. The first-order valence-electron chi connectivity index (χ1n) is 12.7. The highest BCUT2D eigenvalue weighted by atomic mass is 16.3. The average molecular weight is 485 g/mol. The van der Waals surface area contributed by atoms with E-state index in [9.17, 15) is 24.3 Å². The third kappa shape index (κ3) is 8.21. The van der Waals surface area contributed by atoms with E-state index in [1.165, 1.54) is 0 Å². The standard InChI is InChI=1S/C23H44N6O5/c1-4-7-10-13-17(24)27-21(32)28(18(25)14-11-8-5-2)23(34)29(22(27)33)19(15-12-9-6-3)26-20(31)16-30/h17-19,30H,4-16,24-25H2,1-3H3,(H,26,31). The van der Waals surface area contributed by atoms with Crippen molar-refractivity contribution in [3.63, 3.8) is 0 Å². The Hall–Kier alpha value is -2.24. The second-order valence-electron chi connectivity index (χ2n) is 8.82. The van der Waals surface area contributed by atoms with Crippen LogP contribution in [0.3, 0.4) is 0 Å². The number of rotatable bonds is 17. The van der Waals surface area contributed by atoms with Gasteiger partial charge in [-0.1, -0.05) is 72.1 Å². The van der Waals surface area contributed by atoms with Crippen LogP contribution in [0.4, 0.5) is 0 Å². The van der Waals surface area contributed by atoms with Crippen LogP contribution in [0.15, 0.2) is 14.4 Å². The van der Waals surface area contributed by atoms with Crippen molar-refractivity contribution in [1.29, 1.82) is 0 Å². The van der Waals surface area contributed by atoms with Crippen LogP contribution >= 0.6 is 0 Å². The van der Waals surface area contributed by atoms with Crippen LogP contribution in [0.1, 0.15) is 116 Å². The number of aliphatic hydroxyl groups is 1. The number of hydrogen-bond donors (Lipinski definition) is 4. The van der Waals surface area contributed by atoms with Gasteiger partial charge < -0.3 is 21.9 Å². The molecule has 1 rings (SSSR count). The fourth-order valence-corrected chi connectivity index (χ4v) is 3.98. The van der Waals surface area contributed by atoms with Crippen molar-refractivity contribution in [3.8, 4) is 0 Å². The highest BCUT2D eigenvalue weighted by Gasteiger charge is 2.27. The fraction of sp³-hybridized carbons (Fsp3) is 0.826. The maximum Gasteiger partial charge on any atom is 0.339 e. The predicted octanol–water partition coefficient (Wildman–Crippen LogP) is 1.43. The van der Waals surface area contributed by atoms with Gasteiger partial charge in [-0.05, 0) is 25.7 Å². The predicted molar refractivity (Wildman–Crippen MR) is 132 cm³/mol. The molecule has 0 saturated carbocycles. The molecule has 1 heterocycles. The maximum absolute atomic E-state index is 13.4. The van der Waals surface area contributed by atoms with Crippen molar-refractivity contribution >= 4 is 5.91 Å². The SMILES string of the molecule is CCCCCC(N)n1c(=O)n(C(N)CCCCC)c(=O)n(C(CCCCC)NC(=O)CO)c1=O. The number of aromatic nitrogens is 3. The molecule has 0 aliphatic heterocycles.